The fourth-order valence-corrected chi connectivity index (χ4v) is 2.26. The van der Waals surface area contributed by atoms with E-state index in [1.165, 1.54) is 14.0 Å². The summed E-state index contributed by atoms with van der Waals surface area (Å²) in [6, 6.07) is 2.01. The number of nitrogens with zero attached hydrogens (tertiary/aromatic N) is 1. The van der Waals surface area contributed by atoms with Crippen LogP contribution in [0.25, 0.3) is 0 Å². The second-order valence-corrected chi connectivity index (χ2v) is 5.03. The highest BCUT2D eigenvalue weighted by Gasteiger charge is 2.23. The zero-order valence-corrected chi connectivity index (χ0v) is 10.4. The SMILES string of the molecule is CNC(=O)c1cc([N+](=O)[O-])c(C)c(S(N)(=O)=O)c1. The van der Waals surface area contributed by atoms with Gasteiger partial charge in [-0.3, -0.25) is 14.9 Å². The summed E-state index contributed by atoms with van der Waals surface area (Å²) in [7, 11) is -2.81. The standard InChI is InChI=1S/C9H11N3O5S/c1-5-7(12(14)15)3-6(9(13)11-2)4-8(5)18(10,16)17/h3-4H,1-2H3,(H,11,13)(H2,10,16,17). The minimum Gasteiger partial charge on any atom is -0.355 e. The van der Waals surface area contributed by atoms with E-state index in [4.69, 9.17) is 5.14 Å². The quantitative estimate of drug-likeness (QED) is 0.586. The van der Waals surface area contributed by atoms with E-state index in [1.54, 1.807) is 0 Å². The molecule has 0 radical (unpaired) electrons. The zero-order chi connectivity index (χ0) is 14.1. The topological polar surface area (TPSA) is 132 Å². The Hall–Kier alpha value is -2.00. The second kappa shape index (κ2) is 4.70. The van der Waals surface area contributed by atoms with Crippen LogP contribution in [-0.4, -0.2) is 26.3 Å². The van der Waals surface area contributed by atoms with Crippen molar-refractivity contribution in [3.05, 3.63) is 33.4 Å². The lowest BCUT2D eigenvalue weighted by Crippen LogP contribution is -2.20. The summed E-state index contributed by atoms with van der Waals surface area (Å²) in [4.78, 5) is 21.0. The molecule has 0 fully saturated rings. The Kier molecular flexibility index (Phi) is 3.67. The van der Waals surface area contributed by atoms with Gasteiger partial charge in [-0.15, -0.1) is 0 Å². The third kappa shape index (κ3) is 2.63. The van der Waals surface area contributed by atoms with Crippen molar-refractivity contribution in [1.82, 2.24) is 5.32 Å². The zero-order valence-electron chi connectivity index (χ0n) is 9.63. The number of nitro groups is 1. The fourth-order valence-electron chi connectivity index (χ4n) is 1.43. The lowest BCUT2D eigenvalue weighted by molar-refractivity contribution is -0.385. The van der Waals surface area contributed by atoms with Crippen LogP contribution in [0.1, 0.15) is 15.9 Å². The molecule has 0 atom stereocenters. The van der Waals surface area contributed by atoms with Gasteiger partial charge in [0.2, 0.25) is 10.0 Å². The Morgan fingerprint density at radius 3 is 2.39 bits per heavy atom. The minimum absolute atomic E-state index is 0.102. The number of nitrogens with one attached hydrogen (secondary N) is 1. The lowest BCUT2D eigenvalue weighted by Gasteiger charge is -2.07. The number of hydrogen-bond acceptors (Lipinski definition) is 5. The number of primary sulfonamides is 1. The van der Waals surface area contributed by atoms with Crippen molar-refractivity contribution < 1.29 is 18.1 Å². The molecule has 0 aliphatic heterocycles. The molecule has 1 amide bonds. The van der Waals surface area contributed by atoms with Crippen LogP contribution in [0.2, 0.25) is 0 Å². The molecule has 98 valence electrons. The van der Waals surface area contributed by atoms with Gasteiger partial charge in [0, 0.05) is 24.2 Å². The molecule has 0 aromatic heterocycles. The van der Waals surface area contributed by atoms with Crippen molar-refractivity contribution in [2.75, 3.05) is 7.05 Å². The number of rotatable bonds is 3. The molecular weight excluding hydrogens is 262 g/mol. The van der Waals surface area contributed by atoms with E-state index in [2.05, 4.69) is 5.32 Å². The molecule has 8 nitrogen and oxygen atoms in total. The van der Waals surface area contributed by atoms with Crippen LogP contribution >= 0.6 is 0 Å². The molecule has 18 heavy (non-hydrogen) atoms. The molecule has 0 bridgehead atoms. The first-order valence-corrected chi connectivity index (χ1v) is 6.27. The highest BCUT2D eigenvalue weighted by atomic mass is 32.2. The van der Waals surface area contributed by atoms with E-state index >= 15 is 0 Å². The van der Waals surface area contributed by atoms with Crippen LogP contribution in [0.4, 0.5) is 5.69 Å². The van der Waals surface area contributed by atoms with Gasteiger partial charge in [-0.25, -0.2) is 13.6 Å². The number of hydrogen-bond donors (Lipinski definition) is 2. The second-order valence-electron chi connectivity index (χ2n) is 3.50. The summed E-state index contributed by atoms with van der Waals surface area (Å²) in [5.74, 6) is -0.636. The smallest absolute Gasteiger partial charge is 0.274 e. The lowest BCUT2D eigenvalue weighted by atomic mass is 10.1. The molecule has 0 spiro atoms. The highest BCUT2D eigenvalue weighted by molar-refractivity contribution is 7.89. The van der Waals surface area contributed by atoms with Gasteiger partial charge in [-0.1, -0.05) is 0 Å². The molecule has 0 saturated carbocycles. The Bertz CT molecular complexity index is 623. The normalized spacial score (nSPS) is 11.1. The molecular formula is C9H11N3O5S. The molecule has 0 heterocycles. The monoisotopic (exact) mass is 273 g/mol. The summed E-state index contributed by atoms with van der Waals surface area (Å²) in [6.07, 6.45) is 0. The van der Waals surface area contributed by atoms with Gasteiger partial charge in [0.1, 0.15) is 0 Å². The number of benzene rings is 1. The number of carbonyl (C=O) groups excluding carboxylic acids is 1. The number of nitrogens with two attached hydrogens (primary N) is 1. The summed E-state index contributed by atoms with van der Waals surface area (Å²) in [5.41, 5.74) is -0.714. The van der Waals surface area contributed by atoms with Crippen molar-refractivity contribution in [2.45, 2.75) is 11.8 Å². The Balaban J connectivity index is 3.68. The number of sulfonamides is 1. The first kappa shape index (κ1) is 14.1. The number of nitro benzene ring substituents is 1. The maximum Gasteiger partial charge on any atom is 0.274 e. The predicted molar refractivity (Wildman–Crippen MR) is 62.6 cm³/mol. The molecule has 1 aromatic carbocycles. The van der Waals surface area contributed by atoms with Crippen molar-refractivity contribution in [2.24, 2.45) is 5.14 Å². The predicted octanol–water partition coefficient (Wildman–Crippen LogP) is -0.0898. The fraction of sp³-hybridized carbons (Fsp3) is 0.222. The van der Waals surface area contributed by atoms with Gasteiger partial charge in [0.05, 0.1) is 9.82 Å². The molecule has 0 unspecified atom stereocenters. The Morgan fingerprint density at radius 1 is 1.44 bits per heavy atom. The minimum atomic E-state index is -4.14. The van der Waals surface area contributed by atoms with E-state index in [1.807, 2.05) is 0 Å². The van der Waals surface area contributed by atoms with Crippen LogP contribution < -0.4 is 10.5 Å². The van der Waals surface area contributed by atoms with Crippen LogP contribution in [0.15, 0.2) is 17.0 Å². The van der Waals surface area contributed by atoms with E-state index in [9.17, 15) is 23.3 Å². The van der Waals surface area contributed by atoms with Gasteiger partial charge in [0.15, 0.2) is 0 Å². The first-order chi connectivity index (χ1) is 8.18. The molecule has 0 aliphatic rings. The van der Waals surface area contributed by atoms with Gasteiger partial charge >= 0.3 is 0 Å². The van der Waals surface area contributed by atoms with Crippen LogP contribution in [0.5, 0.6) is 0 Å². The first-order valence-electron chi connectivity index (χ1n) is 4.72. The average molecular weight is 273 g/mol. The Labute approximate surface area is 103 Å². The van der Waals surface area contributed by atoms with Gasteiger partial charge in [-0.2, -0.15) is 0 Å². The highest BCUT2D eigenvalue weighted by Crippen LogP contribution is 2.26. The molecule has 1 rings (SSSR count). The number of carbonyl (C=O) groups is 1. The van der Waals surface area contributed by atoms with E-state index in [0.29, 0.717) is 0 Å². The van der Waals surface area contributed by atoms with E-state index in [0.717, 1.165) is 12.1 Å². The van der Waals surface area contributed by atoms with Gasteiger partial charge in [0.25, 0.3) is 11.6 Å². The van der Waals surface area contributed by atoms with Gasteiger partial charge < -0.3 is 5.32 Å². The summed E-state index contributed by atoms with van der Waals surface area (Å²) in [6.45, 7) is 1.26. The van der Waals surface area contributed by atoms with E-state index in [-0.39, 0.29) is 11.1 Å². The average Bonchev–Trinajstić information content (AvgIpc) is 2.26. The van der Waals surface area contributed by atoms with Crippen molar-refractivity contribution in [3.8, 4) is 0 Å². The van der Waals surface area contributed by atoms with Crippen LogP contribution in [0, 0.1) is 17.0 Å². The maximum absolute atomic E-state index is 11.4. The molecule has 3 N–H and O–H groups in total. The number of amides is 1. The molecule has 0 saturated heterocycles. The van der Waals surface area contributed by atoms with Crippen LogP contribution in [-0.2, 0) is 10.0 Å². The summed E-state index contributed by atoms with van der Waals surface area (Å²) >= 11 is 0. The van der Waals surface area contributed by atoms with Crippen molar-refractivity contribution in [3.63, 3.8) is 0 Å². The molecule has 0 aliphatic carbocycles. The van der Waals surface area contributed by atoms with Crippen molar-refractivity contribution >= 4 is 21.6 Å². The molecule has 9 heteroatoms. The third-order valence-electron chi connectivity index (χ3n) is 2.33. The third-order valence-corrected chi connectivity index (χ3v) is 3.36. The summed E-state index contributed by atoms with van der Waals surface area (Å²) in [5, 5.41) is 18.0. The maximum atomic E-state index is 11.4. The van der Waals surface area contributed by atoms with E-state index < -0.39 is 31.4 Å². The van der Waals surface area contributed by atoms with Crippen LogP contribution in [0.3, 0.4) is 0 Å². The molecule has 1 aromatic rings. The van der Waals surface area contributed by atoms with Gasteiger partial charge in [-0.05, 0) is 13.0 Å². The Morgan fingerprint density at radius 2 is 2.00 bits per heavy atom. The van der Waals surface area contributed by atoms with Crippen molar-refractivity contribution in [1.29, 1.82) is 0 Å². The largest absolute Gasteiger partial charge is 0.355 e. The summed E-state index contributed by atoms with van der Waals surface area (Å²) < 4.78 is 22.6.